The number of hydrogen-bond acceptors (Lipinski definition) is 4. The number of amides is 2. The Bertz CT molecular complexity index is 893. The molecule has 1 heterocycles. The Morgan fingerprint density at radius 2 is 1.61 bits per heavy atom. The van der Waals surface area contributed by atoms with Crippen LogP contribution in [0.4, 0.5) is 5.69 Å². The van der Waals surface area contributed by atoms with Crippen LogP contribution in [0.3, 0.4) is 0 Å². The van der Waals surface area contributed by atoms with Gasteiger partial charge in [0.25, 0.3) is 0 Å². The minimum atomic E-state index is -0.118. The lowest BCUT2D eigenvalue weighted by molar-refractivity contribution is -0.125. The number of carbonyl (C=O) groups is 2. The van der Waals surface area contributed by atoms with Crippen LogP contribution >= 0.6 is 0 Å². The summed E-state index contributed by atoms with van der Waals surface area (Å²) in [4.78, 5) is 27.4. The highest BCUT2D eigenvalue weighted by molar-refractivity contribution is 5.96. The molecule has 1 aliphatic carbocycles. The monoisotopic (exact) mass is 496 g/mol. The number of para-hydroxylation sites is 1. The van der Waals surface area contributed by atoms with Crippen LogP contribution in [0.15, 0.2) is 47.6 Å². The van der Waals surface area contributed by atoms with Crippen LogP contribution < -0.4 is 10.2 Å². The average molecular weight is 497 g/mol. The topological polar surface area (TPSA) is 67.9 Å². The molecule has 2 aliphatic rings. The van der Waals surface area contributed by atoms with Gasteiger partial charge in [-0.1, -0.05) is 63.0 Å². The number of rotatable bonds is 15. The summed E-state index contributed by atoms with van der Waals surface area (Å²) in [6, 6.07) is 8.15. The molecule has 1 N–H and O–H groups in total. The van der Waals surface area contributed by atoms with Crippen molar-refractivity contribution >= 4 is 17.5 Å². The van der Waals surface area contributed by atoms with Gasteiger partial charge in [0.15, 0.2) is 0 Å². The summed E-state index contributed by atoms with van der Waals surface area (Å²) in [5.74, 6) is -0.124. The molecule has 0 spiro atoms. The van der Waals surface area contributed by atoms with Gasteiger partial charge < -0.3 is 19.7 Å². The average Bonchev–Trinajstić information content (AvgIpc) is 2.89. The van der Waals surface area contributed by atoms with E-state index in [1.165, 1.54) is 42.4 Å². The Morgan fingerprint density at radius 1 is 0.861 bits per heavy atom. The van der Waals surface area contributed by atoms with Crippen LogP contribution in [0.5, 0.6) is 0 Å². The maximum Gasteiger partial charge on any atom is 0.227 e. The number of hydrogen-bond donors (Lipinski definition) is 1. The first-order valence-corrected chi connectivity index (χ1v) is 13.9. The molecule has 1 aliphatic heterocycles. The summed E-state index contributed by atoms with van der Waals surface area (Å²) in [6.07, 6.45) is 15.2. The van der Waals surface area contributed by atoms with Crippen molar-refractivity contribution in [3.63, 3.8) is 0 Å². The minimum absolute atomic E-state index is 0.00610. The van der Waals surface area contributed by atoms with Crippen LogP contribution in [-0.2, 0) is 25.5 Å². The summed E-state index contributed by atoms with van der Waals surface area (Å²) in [5, 5.41) is 2.86. The standard InChI is InChI=1S/C30H44N2O4/c1-2-3-4-5-10-20-35-22-23-36-21-19-31-29(33)17-18-30(34)32-24-27-13-7-6-11-25(27)15-16-26-12-8-9-14-28(26)32/h8-9,11-14H,2-7,10,15-24H2,1H3,(H,31,33). The molecule has 36 heavy (non-hydrogen) atoms. The van der Waals surface area contributed by atoms with E-state index in [-0.39, 0.29) is 24.7 Å². The van der Waals surface area contributed by atoms with E-state index >= 15 is 0 Å². The van der Waals surface area contributed by atoms with Crippen LogP contribution in [-0.4, -0.2) is 51.3 Å². The van der Waals surface area contributed by atoms with E-state index < -0.39 is 0 Å². The minimum Gasteiger partial charge on any atom is -0.379 e. The van der Waals surface area contributed by atoms with E-state index in [0.717, 1.165) is 44.4 Å². The predicted molar refractivity (Wildman–Crippen MR) is 145 cm³/mol. The second-order valence-corrected chi connectivity index (χ2v) is 9.63. The van der Waals surface area contributed by atoms with Gasteiger partial charge >= 0.3 is 0 Å². The predicted octanol–water partition coefficient (Wildman–Crippen LogP) is 5.51. The first kappa shape index (κ1) is 28.1. The summed E-state index contributed by atoms with van der Waals surface area (Å²) >= 11 is 0. The van der Waals surface area contributed by atoms with Gasteiger partial charge in [0.1, 0.15) is 0 Å². The molecule has 0 aromatic heterocycles. The molecule has 0 saturated heterocycles. The van der Waals surface area contributed by atoms with Crippen LogP contribution in [0.2, 0.25) is 0 Å². The van der Waals surface area contributed by atoms with Gasteiger partial charge in [-0.05, 0) is 54.9 Å². The molecule has 6 heteroatoms. The maximum atomic E-state index is 13.2. The quantitative estimate of drug-likeness (QED) is 0.325. The molecule has 0 bridgehead atoms. The summed E-state index contributed by atoms with van der Waals surface area (Å²) in [6.45, 7) is 5.59. The fourth-order valence-electron chi connectivity index (χ4n) is 4.78. The summed E-state index contributed by atoms with van der Waals surface area (Å²) < 4.78 is 11.1. The number of fused-ring (bicyclic) bond motifs is 2. The van der Waals surface area contributed by atoms with E-state index in [9.17, 15) is 9.59 Å². The van der Waals surface area contributed by atoms with Gasteiger partial charge in [-0.2, -0.15) is 0 Å². The third-order valence-corrected chi connectivity index (χ3v) is 6.83. The molecule has 0 atom stereocenters. The van der Waals surface area contributed by atoms with Crippen molar-refractivity contribution in [3.8, 4) is 0 Å². The van der Waals surface area contributed by atoms with Crippen molar-refractivity contribution in [2.75, 3.05) is 44.4 Å². The Morgan fingerprint density at radius 3 is 2.44 bits per heavy atom. The zero-order chi connectivity index (χ0) is 25.4. The zero-order valence-electron chi connectivity index (χ0n) is 22.1. The van der Waals surface area contributed by atoms with Crippen molar-refractivity contribution in [1.82, 2.24) is 5.32 Å². The number of unbranched alkanes of at least 4 members (excludes halogenated alkanes) is 4. The number of allylic oxidation sites excluding steroid dienone is 2. The molecule has 0 radical (unpaired) electrons. The van der Waals surface area contributed by atoms with Gasteiger partial charge in [-0.25, -0.2) is 0 Å². The highest BCUT2D eigenvalue weighted by Crippen LogP contribution is 2.32. The fraction of sp³-hybridized carbons (Fsp3) is 0.600. The molecule has 6 nitrogen and oxygen atoms in total. The number of anilines is 1. The third-order valence-electron chi connectivity index (χ3n) is 6.83. The molecule has 1 aromatic carbocycles. The number of aryl methyl sites for hydroxylation is 1. The van der Waals surface area contributed by atoms with E-state index in [4.69, 9.17) is 9.47 Å². The molecule has 0 unspecified atom stereocenters. The Labute approximate surface area is 217 Å². The van der Waals surface area contributed by atoms with E-state index in [2.05, 4.69) is 30.5 Å². The molecular formula is C30H44N2O4. The number of ether oxygens (including phenoxy) is 2. The molecule has 1 aromatic rings. The van der Waals surface area contributed by atoms with Crippen LogP contribution in [0.1, 0.15) is 76.7 Å². The van der Waals surface area contributed by atoms with Crippen molar-refractivity contribution in [1.29, 1.82) is 0 Å². The van der Waals surface area contributed by atoms with E-state index in [0.29, 0.717) is 32.9 Å². The largest absolute Gasteiger partial charge is 0.379 e. The Balaban J connectivity index is 1.34. The van der Waals surface area contributed by atoms with E-state index in [1.807, 2.05) is 23.1 Å². The third kappa shape index (κ3) is 9.55. The van der Waals surface area contributed by atoms with Gasteiger partial charge in [-0.3, -0.25) is 9.59 Å². The molecule has 198 valence electrons. The zero-order valence-corrected chi connectivity index (χ0v) is 22.1. The van der Waals surface area contributed by atoms with E-state index in [1.54, 1.807) is 0 Å². The lowest BCUT2D eigenvalue weighted by Gasteiger charge is -2.31. The van der Waals surface area contributed by atoms with Gasteiger partial charge in [-0.15, -0.1) is 0 Å². The van der Waals surface area contributed by atoms with Gasteiger partial charge in [0.05, 0.1) is 26.4 Å². The van der Waals surface area contributed by atoms with Crippen LogP contribution in [0, 0.1) is 0 Å². The molecule has 0 fully saturated rings. The lowest BCUT2D eigenvalue weighted by atomic mass is 9.89. The Hall–Kier alpha value is -2.44. The number of nitrogens with zero attached hydrogens (tertiary/aromatic N) is 1. The molecular weight excluding hydrogens is 452 g/mol. The first-order chi connectivity index (χ1) is 17.7. The Kier molecular flexibility index (Phi) is 12.8. The fourth-order valence-corrected chi connectivity index (χ4v) is 4.78. The number of carbonyl (C=O) groups excluding carboxylic acids is 2. The highest BCUT2D eigenvalue weighted by atomic mass is 16.5. The second-order valence-electron chi connectivity index (χ2n) is 9.63. The lowest BCUT2D eigenvalue weighted by Crippen LogP contribution is -2.36. The van der Waals surface area contributed by atoms with Crippen LogP contribution in [0.25, 0.3) is 0 Å². The SMILES string of the molecule is CCCCCCCOCCOCCNC(=O)CCC(=O)N1CC2=CCCC=C2CCc2ccccc21. The van der Waals surface area contributed by atoms with Crippen molar-refractivity contribution in [3.05, 3.63) is 53.1 Å². The summed E-state index contributed by atoms with van der Waals surface area (Å²) in [7, 11) is 0. The second kappa shape index (κ2) is 16.3. The number of nitrogens with one attached hydrogen (secondary N) is 1. The molecule has 2 amide bonds. The number of benzene rings is 1. The summed E-state index contributed by atoms with van der Waals surface area (Å²) in [5.41, 5.74) is 4.79. The highest BCUT2D eigenvalue weighted by Gasteiger charge is 2.24. The van der Waals surface area contributed by atoms with Crippen molar-refractivity contribution in [2.24, 2.45) is 0 Å². The van der Waals surface area contributed by atoms with Crippen molar-refractivity contribution in [2.45, 2.75) is 77.6 Å². The van der Waals surface area contributed by atoms with Gasteiger partial charge in [0.2, 0.25) is 11.8 Å². The van der Waals surface area contributed by atoms with Crippen molar-refractivity contribution < 1.29 is 19.1 Å². The molecule has 0 saturated carbocycles. The normalized spacial score (nSPS) is 15.2. The maximum absolute atomic E-state index is 13.2. The first-order valence-electron chi connectivity index (χ1n) is 13.9. The van der Waals surface area contributed by atoms with Gasteiger partial charge in [0, 0.05) is 31.7 Å². The smallest absolute Gasteiger partial charge is 0.227 e. The molecule has 3 rings (SSSR count).